The number of nitrogens with one attached hydrogen (secondary N) is 1. The van der Waals surface area contributed by atoms with E-state index < -0.39 is 16.0 Å². The summed E-state index contributed by atoms with van der Waals surface area (Å²) >= 11 is 0. The molecule has 0 unspecified atom stereocenters. The van der Waals surface area contributed by atoms with Gasteiger partial charge in [0.2, 0.25) is 10.0 Å². The molecule has 1 aromatic rings. The Balaban J connectivity index is 2.35. The van der Waals surface area contributed by atoms with Crippen molar-refractivity contribution in [2.75, 3.05) is 17.6 Å². The van der Waals surface area contributed by atoms with E-state index in [-0.39, 0.29) is 30.4 Å². The zero-order chi connectivity index (χ0) is 12.2. The summed E-state index contributed by atoms with van der Waals surface area (Å²) in [6, 6.07) is 0.0341. The molecule has 0 fully saturated rings. The Morgan fingerprint density at radius 2 is 2.31 bits per heavy atom. The summed E-state index contributed by atoms with van der Waals surface area (Å²) < 4.78 is 25.9. The van der Waals surface area contributed by atoms with Gasteiger partial charge in [0.1, 0.15) is 6.26 Å². The van der Waals surface area contributed by atoms with Crippen LogP contribution in [0.15, 0.2) is 10.7 Å². The Labute approximate surface area is 91.5 Å². The smallest absolute Gasteiger partial charge is 0.357 e. The summed E-state index contributed by atoms with van der Waals surface area (Å²) in [6.07, 6.45) is 1.27. The summed E-state index contributed by atoms with van der Waals surface area (Å²) in [5.74, 6) is -1.35. The molecule has 0 aliphatic carbocycles. The molecule has 0 saturated heterocycles. The second-order valence-corrected chi connectivity index (χ2v) is 4.72. The second-order valence-electron chi connectivity index (χ2n) is 2.99. The van der Waals surface area contributed by atoms with Crippen LogP contribution >= 0.6 is 0 Å². The molecular weight excluding hydrogens is 238 g/mol. The van der Waals surface area contributed by atoms with Crippen LogP contribution in [-0.2, 0) is 10.0 Å². The number of carboxylic acids is 1. The van der Waals surface area contributed by atoms with Gasteiger partial charge in [0.25, 0.3) is 6.01 Å². The number of primary sulfonamides is 1. The van der Waals surface area contributed by atoms with E-state index in [1.807, 2.05) is 0 Å². The minimum atomic E-state index is -3.47. The molecule has 1 heterocycles. The summed E-state index contributed by atoms with van der Waals surface area (Å²) in [4.78, 5) is 14.0. The maximum Gasteiger partial charge on any atom is 0.357 e. The van der Waals surface area contributed by atoms with E-state index in [1.54, 1.807) is 0 Å². The Hall–Kier alpha value is -1.61. The maximum absolute atomic E-state index is 10.6. The number of hydrogen-bond donors (Lipinski definition) is 3. The van der Waals surface area contributed by atoms with Gasteiger partial charge < -0.3 is 14.8 Å². The van der Waals surface area contributed by atoms with Crippen LogP contribution in [0.2, 0.25) is 0 Å². The van der Waals surface area contributed by atoms with Crippen molar-refractivity contribution < 1.29 is 22.7 Å². The SMILES string of the molecule is NS(=O)(=O)CCCNc1nc(C(=O)O)co1. The Kier molecular flexibility index (Phi) is 3.85. The molecule has 0 amide bonds. The van der Waals surface area contributed by atoms with Crippen molar-refractivity contribution in [2.24, 2.45) is 5.14 Å². The average molecular weight is 249 g/mol. The Morgan fingerprint density at radius 3 is 2.81 bits per heavy atom. The van der Waals surface area contributed by atoms with Gasteiger partial charge in [-0.2, -0.15) is 4.98 Å². The van der Waals surface area contributed by atoms with Gasteiger partial charge in [-0.3, -0.25) is 0 Å². The number of sulfonamides is 1. The van der Waals surface area contributed by atoms with E-state index in [9.17, 15) is 13.2 Å². The fraction of sp³-hybridized carbons (Fsp3) is 0.429. The van der Waals surface area contributed by atoms with E-state index in [0.29, 0.717) is 0 Å². The minimum Gasteiger partial charge on any atom is -0.476 e. The van der Waals surface area contributed by atoms with Crippen LogP contribution in [0.3, 0.4) is 0 Å². The number of nitrogens with zero attached hydrogens (tertiary/aromatic N) is 1. The van der Waals surface area contributed by atoms with E-state index in [4.69, 9.17) is 14.7 Å². The number of rotatable bonds is 6. The summed E-state index contributed by atoms with van der Waals surface area (Å²) in [5.41, 5.74) is -0.214. The van der Waals surface area contributed by atoms with Gasteiger partial charge in [0, 0.05) is 6.54 Å². The highest BCUT2D eigenvalue weighted by Gasteiger charge is 2.09. The molecule has 0 aliphatic rings. The van der Waals surface area contributed by atoms with Gasteiger partial charge in [-0.25, -0.2) is 18.4 Å². The number of aromatic nitrogens is 1. The first-order valence-electron chi connectivity index (χ1n) is 4.31. The van der Waals surface area contributed by atoms with Crippen LogP contribution in [-0.4, -0.2) is 36.8 Å². The molecule has 0 aliphatic heterocycles. The number of aromatic carboxylic acids is 1. The largest absolute Gasteiger partial charge is 0.476 e. The van der Waals surface area contributed by atoms with Crippen molar-refractivity contribution in [1.29, 1.82) is 0 Å². The molecule has 4 N–H and O–H groups in total. The lowest BCUT2D eigenvalue weighted by atomic mass is 10.5. The molecule has 16 heavy (non-hydrogen) atoms. The molecule has 0 spiro atoms. The molecule has 0 aromatic carbocycles. The molecule has 1 rings (SSSR count). The van der Waals surface area contributed by atoms with Gasteiger partial charge in [0.05, 0.1) is 5.75 Å². The third kappa shape index (κ3) is 4.28. The quantitative estimate of drug-likeness (QED) is 0.576. The zero-order valence-corrected chi connectivity index (χ0v) is 9.03. The second kappa shape index (κ2) is 4.94. The fourth-order valence-corrected chi connectivity index (χ4v) is 1.47. The van der Waals surface area contributed by atoms with E-state index in [0.717, 1.165) is 6.26 Å². The van der Waals surface area contributed by atoms with Crippen LogP contribution in [0.5, 0.6) is 0 Å². The Bertz CT molecular complexity index is 466. The lowest BCUT2D eigenvalue weighted by molar-refractivity contribution is 0.0690. The highest BCUT2D eigenvalue weighted by atomic mass is 32.2. The fourth-order valence-electron chi connectivity index (χ4n) is 0.922. The average Bonchev–Trinajstić information content (AvgIpc) is 2.59. The van der Waals surface area contributed by atoms with Crippen molar-refractivity contribution >= 4 is 22.0 Å². The van der Waals surface area contributed by atoms with Crippen molar-refractivity contribution in [3.05, 3.63) is 12.0 Å². The summed E-state index contributed by atoms with van der Waals surface area (Å²) in [7, 11) is -3.47. The highest BCUT2D eigenvalue weighted by molar-refractivity contribution is 7.89. The third-order valence-corrected chi connectivity index (χ3v) is 2.46. The lowest BCUT2D eigenvalue weighted by Crippen LogP contribution is -2.18. The van der Waals surface area contributed by atoms with Crippen LogP contribution in [0, 0.1) is 0 Å². The van der Waals surface area contributed by atoms with Crippen LogP contribution < -0.4 is 10.5 Å². The van der Waals surface area contributed by atoms with Gasteiger partial charge in [-0.1, -0.05) is 0 Å². The van der Waals surface area contributed by atoms with Crippen LogP contribution in [0.1, 0.15) is 16.9 Å². The molecule has 0 radical (unpaired) electrons. The number of carbonyl (C=O) groups is 1. The van der Waals surface area contributed by atoms with E-state index in [1.165, 1.54) is 0 Å². The molecular formula is C7H11N3O5S. The summed E-state index contributed by atoms with van der Waals surface area (Å²) in [5, 5.41) is 15.9. The number of hydrogen-bond acceptors (Lipinski definition) is 6. The molecule has 1 aromatic heterocycles. The zero-order valence-electron chi connectivity index (χ0n) is 8.21. The topological polar surface area (TPSA) is 136 Å². The number of oxazole rings is 1. The van der Waals surface area contributed by atoms with Crippen LogP contribution in [0.4, 0.5) is 6.01 Å². The molecule has 9 heteroatoms. The maximum atomic E-state index is 10.6. The lowest BCUT2D eigenvalue weighted by Gasteiger charge is -1.99. The predicted octanol–water partition coefficient (Wildman–Crippen LogP) is -0.537. The minimum absolute atomic E-state index is 0.0341. The van der Waals surface area contributed by atoms with Crippen molar-refractivity contribution in [1.82, 2.24) is 4.98 Å². The number of nitrogens with two attached hydrogens (primary N) is 1. The van der Waals surface area contributed by atoms with Crippen molar-refractivity contribution in [3.8, 4) is 0 Å². The highest BCUT2D eigenvalue weighted by Crippen LogP contribution is 2.06. The van der Waals surface area contributed by atoms with Crippen molar-refractivity contribution in [2.45, 2.75) is 6.42 Å². The van der Waals surface area contributed by atoms with Gasteiger partial charge in [-0.15, -0.1) is 0 Å². The summed E-state index contributed by atoms with van der Waals surface area (Å²) in [6.45, 7) is 0.274. The third-order valence-electron chi connectivity index (χ3n) is 1.61. The monoisotopic (exact) mass is 249 g/mol. The molecule has 8 nitrogen and oxygen atoms in total. The van der Waals surface area contributed by atoms with Crippen LogP contribution in [0.25, 0.3) is 0 Å². The molecule has 90 valence electrons. The first-order valence-corrected chi connectivity index (χ1v) is 6.03. The number of carboxylic acid groups (broad SMARTS) is 1. The van der Waals surface area contributed by atoms with Crippen molar-refractivity contribution in [3.63, 3.8) is 0 Å². The van der Waals surface area contributed by atoms with E-state index >= 15 is 0 Å². The first-order chi connectivity index (χ1) is 7.38. The Morgan fingerprint density at radius 1 is 1.62 bits per heavy atom. The van der Waals surface area contributed by atoms with E-state index in [2.05, 4.69) is 10.3 Å². The molecule has 0 saturated carbocycles. The predicted molar refractivity (Wildman–Crippen MR) is 54.5 cm³/mol. The molecule has 0 bridgehead atoms. The molecule has 0 atom stereocenters. The van der Waals surface area contributed by atoms with Gasteiger partial charge in [-0.05, 0) is 6.42 Å². The number of anilines is 1. The first kappa shape index (κ1) is 12.5. The van der Waals surface area contributed by atoms with Gasteiger partial charge in [0.15, 0.2) is 5.69 Å². The van der Waals surface area contributed by atoms with Gasteiger partial charge >= 0.3 is 5.97 Å². The normalized spacial score (nSPS) is 11.3. The standard InChI is InChI=1S/C7H11N3O5S/c8-16(13,14)3-1-2-9-7-10-5(4-15-7)6(11)12/h4H,1-3H2,(H,9,10)(H,11,12)(H2,8,13,14).